The number of carbonyl (C=O) groups is 2. The van der Waals surface area contributed by atoms with Gasteiger partial charge in [-0.3, -0.25) is 9.69 Å². The Hall–Kier alpha value is -3.06. The molecule has 6 nitrogen and oxygen atoms in total. The molecule has 1 heterocycles. The van der Waals surface area contributed by atoms with Crippen molar-refractivity contribution >= 4 is 40.6 Å². The average Bonchev–Trinajstić information content (AvgIpc) is 2.90. The van der Waals surface area contributed by atoms with E-state index in [0.717, 1.165) is 5.56 Å². The Morgan fingerprint density at radius 3 is 2.54 bits per heavy atom. The summed E-state index contributed by atoms with van der Waals surface area (Å²) in [5, 5.41) is 11.3. The number of hydrogen-bond acceptors (Lipinski definition) is 6. The van der Waals surface area contributed by atoms with Gasteiger partial charge in [0.15, 0.2) is 5.17 Å². The number of benzene rings is 2. The van der Waals surface area contributed by atoms with Crippen LogP contribution < -0.4 is 9.84 Å². The second-order valence-corrected chi connectivity index (χ2v) is 6.45. The number of aliphatic imine (C=N–C) groups is 1. The van der Waals surface area contributed by atoms with E-state index in [9.17, 15) is 14.7 Å². The minimum absolute atomic E-state index is 0.0780. The molecule has 0 aromatic heterocycles. The van der Waals surface area contributed by atoms with Gasteiger partial charge < -0.3 is 14.6 Å². The maximum Gasteiger partial charge on any atom is 0.266 e. The molecule has 1 aliphatic rings. The first-order chi connectivity index (χ1) is 12.5. The Morgan fingerprint density at radius 1 is 1.19 bits per heavy atom. The van der Waals surface area contributed by atoms with Crippen LogP contribution in [0, 0.1) is 0 Å². The number of aromatic carboxylic acids is 1. The van der Waals surface area contributed by atoms with Crippen molar-refractivity contribution in [1.29, 1.82) is 0 Å². The number of amides is 1. The zero-order valence-corrected chi connectivity index (χ0v) is 14.9. The number of carboxylic acid groups (broad SMARTS) is 1. The molecule has 2 aromatic rings. The van der Waals surface area contributed by atoms with E-state index in [4.69, 9.17) is 4.74 Å². The molecule has 0 radical (unpaired) electrons. The van der Waals surface area contributed by atoms with Crippen LogP contribution in [-0.2, 0) is 4.79 Å². The lowest BCUT2D eigenvalue weighted by Gasteiger charge is -2.07. The van der Waals surface area contributed by atoms with E-state index in [1.807, 2.05) is 24.3 Å². The zero-order chi connectivity index (χ0) is 18.7. The molecule has 0 bridgehead atoms. The quantitative estimate of drug-likeness (QED) is 0.775. The van der Waals surface area contributed by atoms with Crippen LogP contribution in [0.3, 0.4) is 0 Å². The molecule has 26 heavy (non-hydrogen) atoms. The molecule has 1 saturated heterocycles. The largest absolute Gasteiger partial charge is 0.545 e. The normalized spacial score (nSPS) is 17.2. The third-order valence-corrected chi connectivity index (χ3v) is 4.82. The topological polar surface area (TPSA) is 82.0 Å². The van der Waals surface area contributed by atoms with Gasteiger partial charge in [0.1, 0.15) is 5.75 Å². The van der Waals surface area contributed by atoms with Crippen molar-refractivity contribution in [3.05, 3.63) is 64.6 Å². The van der Waals surface area contributed by atoms with Crippen LogP contribution in [0.25, 0.3) is 6.08 Å². The number of amidine groups is 1. The first kappa shape index (κ1) is 17.8. The molecule has 7 heteroatoms. The van der Waals surface area contributed by atoms with Crippen molar-refractivity contribution in [2.24, 2.45) is 4.99 Å². The molecule has 0 atom stereocenters. The molecule has 1 fully saturated rings. The third-order valence-electron chi connectivity index (χ3n) is 3.76. The van der Waals surface area contributed by atoms with Crippen molar-refractivity contribution in [3.63, 3.8) is 0 Å². The summed E-state index contributed by atoms with van der Waals surface area (Å²) in [6.45, 7) is 0. The number of nitrogens with zero attached hydrogens (tertiary/aromatic N) is 2. The molecule has 3 rings (SSSR count). The molecule has 132 valence electrons. The number of methoxy groups -OCH3 is 1. The van der Waals surface area contributed by atoms with Crippen molar-refractivity contribution in [3.8, 4) is 5.75 Å². The van der Waals surface area contributed by atoms with Gasteiger partial charge >= 0.3 is 0 Å². The summed E-state index contributed by atoms with van der Waals surface area (Å²) in [5.74, 6) is -0.723. The van der Waals surface area contributed by atoms with E-state index in [0.29, 0.717) is 21.5 Å². The number of hydrogen-bond donors (Lipinski definition) is 0. The molecular weight excluding hydrogens is 352 g/mol. The Morgan fingerprint density at radius 2 is 1.88 bits per heavy atom. The summed E-state index contributed by atoms with van der Waals surface area (Å²) >= 11 is 1.25. The van der Waals surface area contributed by atoms with Gasteiger partial charge in [0.2, 0.25) is 0 Å². The third kappa shape index (κ3) is 3.62. The first-order valence-corrected chi connectivity index (χ1v) is 8.52. The number of likely N-dealkylation sites (N-methyl/N-ethyl adjacent to an activating group) is 1. The molecule has 1 aliphatic heterocycles. The van der Waals surface area contributed by atoms with Crippen molar-refractivity contribution in [1.82, 2.24) is 4.90 Å². The monoisotopic (exact) mass is 367 g/mol. The number of rotatable bonds is 4. The highest BCUT2D eigenvalue weighted by atomic mass is 32.2. The van der Waals surface area contributed by atoms with Crippen LogP contribution in [0.5, 0.6) is 5.75 Å². The molecule has 1 amide bonds. The maximum absolute atomic E-state index is 12.5. The van der Waals surface area contributed by atoms with E-state index in [1.165, 1.54) is 28.8 Å². The maximum atomic E-state index is 12.5. The fourth-order valence-electron chi connectivity index (χ4n) is 2.36. The van der Waals surface area contributed by atoms with E-state index < -0.39 is 5.97 Å². The van der Waals surface area contributed by atoms with E-state index in [1.54, 1.807) is 32.4 Å². The van der Waals surface area contributed by atoms with Crippen LogP contribution in [0.15, 0.2) is 58.4 Å². The number of carboxylic acids is 1. The summed E-state index contributed by atoms with van der Waals surface area (Å²) < 4.78 is 5.31. The zero-order valence-electron chi connectivity index (χ0n) is 14.1. The minimum atomic E-state index is -1.24. The van der Waals surface area contributed by atoms with Crippen LogP contribution in [0.2, 0.25) is 0 Å². The van der Waals surface area contributed by atoms with Gasteiger partial charge in [-0.1, -0.05) is 30.3 Å². The van der Waals surface area contributed by atoms with Gasteiger partial charge in [0.25, 0.3) is 5.91 Å². The number of para-hydroxylation sites is 1. The highest BCUT2D eigenvalue weighted by Gasteiger charge is 2.30. The highest BCUT2D eigenvalue weighted by molar-refractivity contribution is 8.18. The van der Waals surface area contributed by atoms with Gasteiger partial charge in [-0.25, -0.2) is 4.99 Å². The Labute approximate surface area is 154 Å². The van der Waals surface area contributed by atoms with Crippen molar-refractivity contribution in [2.75, 3.05) is 14.2 Å². The minimum Gasteiger partial charge on any atom is -0.545 e. The average molecular weight is 367 g/mol. The fraction of sp³-hybridized carbons (Fsp3) is 0.105. The molecule has 0 unspecified atom stereocenters. The van der Waals surface area contributed by atoms with E-state index in [-0.39, 0.29) is 11.5 Å². The van der Waals surface area contributed by atoms with Crippen LogP contribution in [0.4, 0.5) is 5.69 Å². The summed E-state index contributed by atoms with van der Waals surface area (Å²) in [6.07, 6.45) is 1.77. The summed E-state index contributed by atoms with van der Waals surface area (Å²) in [4.78, 5) is 29.7. The highest BCUT2D eigenvalue weighted by Crippen LogP contribution is 2.34. The summed E-state index contributed by atoms with van der Waals surface area (Å²) in [6, 6.07) is 13.4. The fourth-order valence-corrected chi connectivity index (χ4v) is 3.34. The smallest absolute Gasteiger partial charge is 0.266 e. The molecule has 2 aromatic carbocycles. The van der Waals surface area contributed by atoms with Gasteiger partial charge in [0, 0.05) is 12.6 Å². The molecule has 0 saturated carbocycles. The summed E-state index contributed by atoms with van der Waals surface area (Å²) in [7, 11) is 3.23. The van der Waals surface area contributed by atoms with Gasteiger partial charge in [0.05, 0.1) is 23.7 Å². The Bertz CT molecular complexity index is 919. The Balaban J connectivity index is 1.88. The molecule has 0 aliphatic carbocycles. The predicted octanol–water partition coefficient (Wildman–Crippen LogP) is 2.29. The number of ether oxygens (including phenoxy) is 1. The van der Waals surface area contributed by atoms with Crippen molar-refractivity contribution < 1.29 is 19.4 Å². The number of carbonyl (C=O) groups excluding carboxylic acids is 2. The molecular formula is C19H15N2O4S-. The standard InChI is InChI=1S/C19H16N2O4S/c1-21-17(22)16(11-13-5-3-4-6-15(13)25-2)26-19(21)20-14-9-7-12(8-10-14)18(23)24/h3-11H,1-2H3,(H,23,24)/p-1/b16-11-,20-19?. The van der Waals surface area contributed by atoms with Crippen LogP contribution >= 0.6 is 11.8 Å². The van der Waals surface area contributed by atoms with E-state index >= 15 is 0 Å². The van der Waals surface area contributed by atoms with Gasteiger partial charge in [-0.05, 0) is 41.6 Å². The predicted molar refractivity (Wildman–Crippen MR) is 99.2 cm³/mol. The number of thioether (sulfide) groups is 1. The Kier molecular flexibility index (Phi) is 5.09. The van der Waals surface area contributed by atoms with E-state index in [2.05, 4.69) is 4.99 Å². The SMILES string of the molecule is COc1ccccc1/C=C1\SC(=Nc2ccc(C(=O)[O-])cc2)N(C)C1=O. The van der Waals surface area contributed by atoms with Gasteiger partial charge in [-0.15, -0.1) is 0 Å². The van der Waals surface area contributed by atoms with Crippen LogP contribution in [-0.4, -0.2) is 36.1 Å². The second-order valence-electron chi connectivity index (χ2n) is 5.45. The molecule has 0 spiro atoms. The lowest BCUT2D eigenvalue weighted by Crippen LogP contribution is -2.23. The molecule has 0 N–H and O–H groups in total. The lowest BCUT2D eigenvalue weighted by atomic mass is 10.2. The van der Waals surface area contributed by atoms with Crippen LogP contribution in [0.1, 0.15) is 15.9 Å². The summed E-state index contributed by atoms with van der Waals surface area (Å²) in [5.41, 5.74) is 1.43. The van der Waals surface area contributed by atoms with Crippen molar-refractivity contribution in [2.45, 2.75) is 0 Å². The second kappa shape index (κ2) is 7.45. The first-order valence-electron chi connectivity index (χ1n) is 7.70. The van der Waals surface area contributed by atoms with Gasteiger partial charge in [-0.2, -0.15) is 0 Å². The lowest BCUT2D eigenvalue weighted by molar-refractivity contribution is -0.255.